The minimum atomic E-state index is 0.0170. The number of carbonyl (C=O) groups excluding carboxylic acids is 1. The van der Waals surface area contributed by atoms with Gasteiger partial charge in [-0.2, -0.15) is 10.5 Å². The minimum Gasteiger partial charge on any atom is -0.341 e. The lowest BCUT2D eigenvalue weighted by Crippen LogP contribution is -2.34. The zero-order valence-electron chi connectivity index (χ0n) is 14.7. The number of likely N-dealkylation sites (N-methyl/N-ethyl adjacent to an activating group) is 1. The normalized spacial score (nSPS) is 14.9. The Morgan fingerprint density at radius 3 is 2.38 bits per heavy atom. The molecule has 26 heavy (non-hydrogen) atoms. The molecule has 130 valence electrons. The zero-order chi connectivity index (χ0) is 18.5. The monoisotopic (exact) mass is 344 g/mol. The summed E-state index contributed by atoms with van der Waals surface area (Å²) in [6.07, 6.45) is 1.96. The summed E-state index contributed by atoms with van der Waals surface area (Å²) >= 11 is 0. The average molecular weight is 344 g/mol. The molecule has 0 bridgehead atoms. The first kappa shape index (κ1) is 17.7. The topological polar surface area (TPSA) is 79.9 Å². The van der Waals surface area contributed by atoms with Crippen LogP contribution in [0.15, 0.2) is 36.4 Å². The van der Waals surface area contributed by atoms with Crippen LogP contribution in [0.3, 0.4) is 0 Å². The van der Waals surface area contributed by atoms with E-state index in [-0.39, 0.29) is 5.91 Å². The van der Waals surface area contributed by atoms with Crippen LogP contribution in [0, 0.1) is 22.7 Å². The second-order valence-electron chi connectivity index (χ2n) is 6.48. The average Bonchev–Trinajstić information content (AvgIpc) is 2.70. The molecule has 2 aromatic carbocycles. The fraction of sp³-hybridized carbons (Fsp3) is 0.286. The summed E-state index contributed by atoms with van der Waals surface area (Å²) in [5.74, 6) is 0.0170. The van der Waals surface area contributed by atoms with Gasteiger partial charge in [-0.1, -0.05) is 12.1 Å². The standard InChI is InChI=1S/C11H10N2O.C10H10N2/c1-13-5-4-9-3-2-8(7-12)6-10(9)11(13)14;11-6-8-1-2-9-3-4-12-7-10(9)5-8/h2-3,6H,4-5H2,1H3;1-2,5,12H,3-4,7H2. The maximum absolute atomic E-state index is 11.7. The highest BCUT2D eigenvalue weighted by molar-refractivity contribution is 5.96. The van der Waals surface area contributed by atoms with E-state index < -0.39 is 0 Å². The van der Waals surface area contributed by atoms with E-state index in [1.54, 1.807) is 24.1 Å². The molecule has 0 spiro atoms. The molecule has 0 saturated carbocycles. The molecule has 0 saturated heterocycles. The maximum atomic E-state index is 11.7. The summed E-state index contributed by atoms with van der Waals surface area (Å²) in [7, 11) is 1.78. The van der Waals surface area contributed by atoms with Gasteiger partial charge in [0.15, 0.2) is 0 Å². The third kappa shape index (κ3) is 3.74. The summed E-state index contributed by atoms with van der Waals surface area (Å²) in [5.41, 5.74) is 5.70. The smallest absolute Gasteiger partial charge is 0.253 e. The van der Waals surface area contributed by atoms with E-state index in [2.05, 4.69) is 17.5 Å². The zero-order valence-corrected chi connectivity index (χ0v) is 14.7. The molecule has 2 heterocycles. The van der Waals surface area contributed by atoms with Gasteiger partial charge in [0.25, 0.3) is 5.91 Å². The summed E-state index contributed by atoms with van der Waals surface area (Å²) < 4.78 is 0. The number of rotatable bonds is 0. The molecule has 4 rings (SSSR count). The molecular weight excluding hydrogens is 324 g/mol. The molecule has 5 nitrogen and oxygen atoms in total. The Labute approximate surface area is 153 Å². The highest BCUT2D eigenvalue weighted by Gasteiger charge is 2.21. The van der Waals surface area contributed by atoms with Crippen molar-refractivity contribution in [3.8, 4) is 12.1 Å². The van der Waals surface area contributed by atoms with Gasteiger partial charge in [0.05, 0.1) is 23.3 Å². The summed E-state index contributed by atoms with van der Waals surface area (Å²) in [6, 6.07) is 15.4. The Kier molecular flexibility index (Phi) is 5.31. The lowest BCUT2D eigenvalue weighted by molar-refractivity contribution is 0.0781. The number of hydrogen-bond acceptors (Lipinski definition) is 4. The van der Waals surface area contributed by atoms with Gasteiger partial charge in [-0.25, -0.2) is 0 Å². The Bertz CT molecular complexity index is 921. The van der Waals surface area contributed by atoms with Gasteiger partial charge >= 0.3 is 0 Å². The lowest BCUT2D eigenvalue weighted by Gasteiger charge is -2.24. The fourth-order valence-electron chi connectivity index (χ4n) is 3.21. The Balaban J connectivity index is 0.000000152. The molecule has 2 aliphatic heterocycles. The number of benzene rings is 2. The van der Waals surface area contributed by atoms with Crippen molar-refractivity contribution in [2.45, 2.75) is 19.4 Å². The molecule has 2 aromatic rings. The van der Waals surface area contributed by atoms with Gasteiger partial charge in [-0.15, -0.1) is 0 Å². The third-order valence-electron chi connectivity index (χ3n) is 4.75. The van der Waals surface area contributed by atoms with E-state index in [1.807, 2.05) is 24.3 Å². The van der Waals surface area contributed by atoms with Gasteiger partial charge in [0.2, 0.25) is 0 Å². The Hall–Kier alpha value is -3.15. The SMILES string of the molecule is CN1CCc2ccc(C#N)cc2C1=O.N#Cc1ccc2c(c1)CNCC2. The fourth-order valence-corrected chi connectivity index (χ4v) is 3.21. The van der Waals surface area contributed by atoms with Gasteiger partial charge in [-0.05, 0) is 60.3 Å². The minimum absolute atomic E-state index is 0.0170. The van der Waals surface area contributed by atoms with Crippen LogP contribution in [-0.4, -0.2) is 30.9 Å². The van der Waals surface area contributed by atoms with Gasteiger partial charge in [0.1, 0.15) is 0 Å². The van der Waals surface area contributed by atoms with E-state index in [9.17, 15) is 4.79 Å². The molecule has 1 amide bonds. The first-order chi connectivity index (χ1) is 12.6. The van der Waals surface area contributed by atoms with Crippen molar-refractivity contribution >= 4 is 5.91 Å². The van der Waals surface area contributed by atoms with E-state index >= 15 is 0 Å². The third-order valence-corrected chi connectivity index (χ3v) is 4.75. The quantitative estimate of drug-likeness (QED) is 0.796. The molecule has 2 aliphatic rings. The number of nitrogens with one attached hydrogen (secondary N) is 1. The largest absolute Gasteiger partial charge is 0.341 e. The Morgan fingerprint density at radius 1 is 0.962 bits per heavy atom. The van der Waals surface area contributed by atoms with Crippen LogP contribution < -0.4 is 5.32 Å². The molecule has 0 unspecified atom stereocenters. The molecule has 0 aliphatic carbocycles. The van der Waals surface area contributed by atoms with Crippen molar-refractivity contribution in [2.75, 3.05) is 20.1 Å². The van der Waals surface area contributed by atoms with E-state index in [0.717, 1.165) is 43.6 Å². The summed E-state index contributed by atoms with van der Waals surface area (Å²) in [4.78, 5) is 13.4. The number of fused-ring (bicyclic) bond motifs is 2. The van der Waals surface area contributed by atoms with Crippen LogP contribution >= 0.6 is 0 Å². The van der Waals surface area contributed by atoms with Crippen LogP contribution in [0.2, 0.25) is 0 Å². The van der Waals surface area contributed by atoms with Crippen molar-refractivity contribution in [2.24, 2.45) is 0 Å². The van der Waals surface area contributed by atoms with E-state index in [1.165, 1.54) is 11.1 Å². The van der Waals surface area contributed by atoms with Crippen LogP contribution in [0.5, 0.6) is 0 Å². The second kappa shape index (κ2) is 7.82. The van der Waals surface area contributed by atoms with Crippen LogP contribution in [0.1, 0.15) is 38.2 Å². The van der Waals surface area contributed by atoms with Crippen LogP contribution in [-0.2, 0) is 19.4 Å². The predicted octanol–water partition coefficient (Wildman–Crippen LogP) is 2.39. The molecule has 5 heteroatoms. The van der Waals surface area contributed by atoms with Gasteiger partial charge in [-0.3, -0.25) is 4.79 Å². The lowest BCUT2D eigenvalue weighted by atomic mass is 9.97. The molecule has 1 N–H and O–H groups in total. The van der Waals surface area contributed by atoms with E-state index in [4.69, 9.17) is 10.5 Å². The number of amides is 1. The molecule has 0 fully saturated rings. The second-order valence-corrected chi connectivity index (χ2v) is 6.48. The van der Waals surface area contributed by atoms with Gasteiger partial charge in [0, 0.05) is 25.7 Å². The van der Waals surface area contributed by atoms with Crippen molar-refractivity contribution < 1.29 is 4.79 Å². The predicted molar refractivity (Wildman–Crippen MR) is 98.4 cm³/mol. The van der Waals surface area contributed by atoms with Crippen LogP contribution in [0.4, 0.5) is 0 Å². The number of nitrogens with zero attached hydrogens (tertiary/aromatic N) is 3. The molecule has 0 atom stereocenters. The van der Waals surface area contributed by atoms with E-state index in [0.29, 0.717) is 11.1 Å². The van der Waals surface area contributed by atoms with Crippen molar-refractivity contribution in [1.29, 1.82) is 10.5 Å². The summed E-state index contributed by atoms with van der Waals surface area (Å²) in [5, 5.41) is 20.7. The first-order valence-electron chi connectivity index (χ1n) is 8.63. The number of nitriles is 2. The summed E-state index contributed by atoms with van der Waals surface area (Å²) in [6.45, 7) is 2.72. The molecular formula is C21H20N4O. The van der Waals surface area contributed by atoms with Crippen molar-refractivity contribution in [3.05, 3.63) is 69.8 Å². The highest BCUT2D eigenvalue weighted by Crippen LogP contribution is 2.19. The molecule has 0 aromatic heterocycles. The number of carbonyl (C=O) groups is 1. The van der Waals surface area contributed by atoms with Crippen LogP contribution in [0.25, 0.3) is 0 Å². The van der Waals surface area contributed by atoms with Gasteiger partial charge < -0.3 is 10.2 Å². The van der Waals surface area contributed by atoms with Crippen molar-refractivity contribution in [1.82, 2.24) is 10.2 Å². The first-order valence-corrected chi connectivity index (χ1v) is 8.63. The Morgan fingerprint density at radius 2 is 1.65 bits per heavy atom. The van der Waals surface area contributed by atoms with Crippen molar-refractivity contribution in [3.63, 3.8) is 0 Å². The highest BCUT2D eigenvalue weighted by atomic mass is 16.2. The maximum Gasteiger partial charge on any atom is 0.253 e. The number of hydrogen-bond donors (Lipinski definition) is 1. The molecule has 0 radical (unpaired) electrons.